The molecule has 11 nitrogen and oxygen atoms in total. The van der Waals surface area contributed by atoms with Crippen LogP contribution in [-0.4, -0.2) is 47.0 Å². The summed E-state index contributed by atoms with van der Waals surface area (Å²) in [5.41, 5.74) is 7.69. The van der Waals surface area contributed by atoms with Gasteiger partial charge in [-0.15, -0.1) is 0 Å². The first-order valence-electron chi connectivity index (χ1n) is 10.5. The second-order valence-electron chi connectivity index (χ2n) is 7.51. The fourth-order valence-electron chi connectivity index (χ4n) is 3.59. The van der Waals surface area contributed by atoms with Crippen LogP contribution in [0.2, 0.25) is 0 Å². The lowest BCUT2D eigenvalue weighted by Gasteiger charge is -2.12. The van der Waals surface area contributed by atoms with Crippen molar-refractivity contribution in [2.45, 2.75) is 30.4 Å². The Morgan fingerprint density at radius 1 is 1.21 bits per heavy atom. The maximum atomic E-state index is 12.3. The number of furan rings is 1. The van der Waals surface area contributed by atoms with Crippen molar-refractivity contribution < 1.29 is 22.3 Å². The molecule has 1 aliphatic rings. The SMILES string of the molecule is CCNS(=O)(=O)CCn1c(Sc2cc3c(cc2-c2ccc(C)o2)OCO3)nc2c(N)ncnc21. The first-order chi connectivity index (χ1) is 16.3. The number of rotatable bonds is 8. The fraction of sp³-hybridized carbons (Fsp3) is 0.286. The number of nitrogens with two attached hydrogens (primary N) is 1. The second kappa shape index (κ2) is 8.81. The quantitative estimate of drug-likeness (QED) is 0.368. The molecule has 13 heteroatoms. The van der Waals surface area contributed by atoms with E-state index in [1.54, 1.807) is 11.5 Å². The molecular formula is C21H22N6O5S2. The molecule has 0 saturated heterocycles. The third-order valence-corrected chi connectivity index (χ3v) is 7.66. The number of fused-ring (bicyclic) bond motifs is 2. The van der Waals surface area contributed by atoms with Crippen molar-refractivity contribution in [3.05, 3.63) is 36.4 Å². The van der Waals surface area contributed by atoms with Crippen LogP contribution in [0.3, 0.4) is 0 Å². The topological polar surface area (TPSA) is 147 Å². The molecule has 0 saturated carbocycles. The van der Waals surface area contributed by atoms with Gasteiger partial charge in [-0.3, -0.25) is 0 Å². The van der Waals surface area contributed by atoms with E-state index < -0.39 is 10.0 Å². The molecule has 4 heterocycles. The van der Waals surface area contributed by atoms with E-state index in [4.69, 9.17) is 19.6 Å². The zero-order valence-corrected chi connectivity index (χ0v) is 20.1. The van der Waals surface area contributed by atoms with Gasteiger partial charge in [-0.1, -0.05) is 18.7 Å². The summed E-state index contributed by atoms with van der Waals surface area (Å²) >= 11 is 1.33. The van der Waals surface area contributed by atoms with E-state index in [2.05, 4.69) is 19.7 Å². The summed E-state index contributed by atoms with van der Waals surface area (Å²) in [4.78, 5) is 13.8. The maximum absolute atomic E-state index is 12.3. The third kappa shape index (κ3) is 4.29. The summed E-state index contributed by atoms with van der Waals surface area (Å²) in [6.45, 7) is 4.18. The van der Waals surface area contributed by atoms with E-state index >= 15 is 0 Å². The predicted octanol–water partition coefficient (Wildman–Crippen LogP) is 2.80. The molecule has 178 valence electrons. The monoisotopic (exact) mass is 502 g/mol. The van der Waals surface area contributed by atoms with Crippen molar-refractivity contribution in [2.24, 2.45) is 0 Å². The van der Waals surface area contributed by atoms with Gasteiger partial charge in [-0.25, -0.2) is 28.1 Å². The fourth-order valence-corrected chi connectivity index (χ4v) is 5.66. The average molecular weight is 503 g/mol. The highest BCUT2D eigenvalue weighted by Crippen LogP contribution is 2.45. The van der Waals surface area contributed by atoms with Crippen LogP contribution in [0, 0.1) is 6.92 Å². The molecule has 0 spiro atoms. The normalized spacial score (nSPS) is 13.1. The number of nitrogens with one attached hydrogen (secondary N) is 1. The number of benzene rings is 1. The number of nitrogens with zero attached hydrogens (tertiary/aromatic N) is 4. The van der Waals surface area contributed by atoms with Crippen LogP contribution in [-0.2, 0) is 16.6 Å². The van der Waals surface area contributed by atoms with Gasteiger partial charge in [0.2, 0.25) is 16.8 Å². The van der Waals surface area contributed by atoms with Crippen LogP contribution < -0.4 is 19.9 Å². The van der Waals surface area contributed by atoms with Gasteiger partial charge in [-0.2, -0.15) is 0 Å². The molecule has 3 aromatic heterocycles. The smallest absolute Gasteiger partial charge is 0.231 e. The van der Waals surface area contributed by atoms with E-state index in [1.807, 2.05) is 31.2 Å². The van der Waals surface area contributed by atoms with Crippen LogP contribution in [0.1, 0.15) is 12.7 Å². The highest BCUT2D eigenvalue weighted by atomic mass is 32.2. The van der Waals surface area contributed by atoms with Gasteiger partial charge < -0.3 is 24.2 Å². The number of ether oxygens (including phenoxy) is 2. The lowest BCUT2D eigenvalue weighted by atomic mass is 10.1. The average Bonchev–Trinajstić information content (AvgIpc) is 3.51. The minimum Gasteiger partial charge on any atom is -0.461 e. The molecule has 0 amide bonds. The summed E-state index contributed by atoms with van der Waals surface area (Å²) in [5.74, 6) is 2.73. The lowest BCUT2D eigenvalue weighted by molar-refractivity contribution is 0.174. The van der Waals surface area contributed by atoms with Crippen molar-refractivity contribution in [1.29, 1.82) is 0 Å². The molecule has 4 aromatic rings. The number of imidazole rings is 1. The minimum atomic E-state index is -3.47. The zero-order chi connectivity index (χ0) is 23.9. The molecule has 3 N–H and O–H groups in total. The summed E-state index contributed by atoms with van der Waals surface area (Å²) < 4.78 is 45.9. The van der Waals surface area contributed by atoms with Crippen molar-refractivity contribution in [3.8, 4) is 22.8 Å². The zero-order valence-electron chi connectivity index (χ0n) is 18.4. The molecular weight excluding hydrogens is 480 g/mol. The Morgan fingerprint density at radius 2 is 2.00 bits per heavy atom. The van der Waals surface area contributed by atoms with Crippen LogP contribution in [0.5, 0.6) is 11.5 Å². The number of aryl methyl sites for hydroxylation is 2. The number of aromatic nitrogens is 4. The minimum absolute atomic E-state index is 0.129. The number of hydrogen-bond acceptors (Lipinski definition) is 10. The molecule has 1 aromatic carbocycles. The molecule has 0 fully saturated rings. The highest BCUT2D eigenvalue weighted by molar-refractivity contribution is 7.99. The molecule has 0 atom stereocenters. The van der Waals surface area contributed by atoms with Crippen LogP contribution >= 0.6 is 11.8 Å². The molecule has 0 bridgehead atoms. The van der Waals surface area contributed by atoms with Crippen LogP contribution in [0.15, 0.2) is 45.1 Å². The third-order valence-electron chi connectivity index (χ3n) is 5.16. The molecule has 1 aliphatic heterocycles. The Kier molecular flexibility index (Phi) is 5.83. The van der Waals surface area contributed by atoms with Crippen LogP contribution in [0.4, 0.5) is 5.82 Å². The molecule has 0 radical (unpaired) electrons. The lowest BCUT2D eigenvalue weighted by Crippen LogP contribution is -2.28. The van der Waals surface area contributed by atoms with Gasteiger partial charge in [-0.05, 0) is 31.2 Å². The van der Waals surface area contributed by atoms with Gasteiger partial charge in [0.1, 0.15) is 17.8 Å². The van der Waals surface area contributed by atoms with Gasteiger partial charge in [0.15, 0.2) is 33.6 Å². The Hall–Kier alpha value is -3.29. The maximum Gasteiger partial charge on any atom is 0.231 e. The Bertz CT molecular complexity index is 1480. The Morgan fingerprint density at radius 3 is 2.74 bits per heavy atom. The van der Waals surface area contributed by atoms with Crippen molar-refractivity contribution >= 4 is 38.8 Å². The number of anilines is 1. The standard InChI is InChI=1S/C21H22N6O5S2/c1-3-25-34(28,29)7-6-27-20-18(19(22)23-10-24-20)26-21(27)33-17-9-16-15(30-11-31-16)8-13(17)14-5-4-12(2)32-14/h4-5,8-10,25H,3,6-7,11H2,1-2H3,(H2,22,23,24). The van der Waals surface area contributed by atoms with E-state index in [9.17, 15) is 8.42 Å². The van der Waals surface area contributed by atoms with Crippen molar-refractivity contribution in [1.82, 2.24) is 24.2 Å². The van der Waals surface area contributed by atoms with E-state index in [0.29, 0.717) is 40.1 Å². The summed E-state index contributed by atoms with van der Waals surface area (Å²) in [7, 11) is -3.47. The van der Waals surface area contributed by atoms with Crippen molar-refractivity contribution in [3.63, 3.8) is 0 Å². The van der Waals surface area contributed by atoms with E-state index in [0.717, 1.165) is 16.2 Å². The van der Waals surface area contributed by atoms with E-state index in [1.165, 1.54) is 18.1 Å². The second-order valence-corrected chi connectivity index (χ2v) is 10.4. The highest BCUT2D eigenvalue weighted by Gasteiger charge is 2.24. The largest absolute Gasteiger partial charge is 0.461 e. The summed E-state index contributed by atoms with van der Waals surface area (Å²) in [6.07, 6.45) is 1.33. The number of sulfonamides is 1. The number of nitrogen functional groups attached to an aromatic ring is 1. The molecule has 0 aliphatic carbocycles. The first kappa shape index (κ1) is 22.5. The summed E-state index contributed by atoms with van der Waals surface area (Å²) in [6, 6.07) is 7.48. The van der Waals surface area contributed by atoms with Crippen LogP contribution in [0.25, 0.3) is 22.5 Å². The van der Waals surface area contributed by atoms with Gasteiger partial charge in [0.05, 0.1) is 5.75 Å². The Balaban J connectivity index is 1.60. The van der Waals surface area contributed by atoms with Gasteiger partial charge in [0.25, 0.3) is 0 Å². The van der Waals surface area contributed by atoms with E-state index in [-0.39, 0.29) is 24.9 Å². The van der Waals surface area contributed by atoms with Crippen molar-refractivity contribution in [2.75, 3.05) is 24.8 Å². The summed E-state index contributed by atoms with van der Waals surface area (Å²) in [5, 5.41) is 0.511. The first-order valence-corrected chi connectivity index (χ1v) is 12.9. The number of hydrogen-bond donors (Lipinski definition) is 2. The van der Waals surface area contributed by atoms with Gasteiger partial charge in [0, 0.05) is 23.5 Å². The molecule has 34 heavy (non-hydrogen) atoms. The predicted molar refractivity (Wildman–Crippen MR) is 126 cm³/mol. The molecule has 5 rings (SSSR count). The Labute approximate surface area is 199 Å². The molecule has 0 unspecified atom stereocenters. The van der Waals surface area contributed by atoms with Gasteiger partial charge >= 0.3 is 0 Å².